The standard InChI is InChI=1S/C26H29BrN4O3/c1-17(2)24(33)29-15-26(16-29)19-7-3-4-8-21(19)31(25(26)34)14-23-28-20-13-18(27)9-10-22(20)30(23)11-5-6-12-32/h3-4,7-10,13,17,32H,5-6,11-12,14-16H2,1-2H3. The first-order valence-electron chi connectivity index (χ1n) is 11.8. The van der Waals surface area contributed by atoms with Crippen LogP contribution in [0.4, 0.5) is 5.69 Å². The molecular formula is C26H29BrN4O3. The Hall–Kier alpha value is -2.71. The molecule has 1 spiro atoms. The number of halogens is 1. The van der Waals surface area contributed by atoms with E-state index in [0.29, 0.717) is 26.1 Å². The van der Waals surface area contributed by atoms with Gasteiger partial charge in [0.25, 0.3) is 0 Å². The molecule has 1 N–H and O–H groups in total. The van der Waals surface area contributed by atoms with Crippen LogP contribution in [0, 0.1) is 5.92 Å². The number of carbonyl (C=O) groups excluding carboxylic acids is 2. The number of rotatable bonds is 7. The number of anilines is 1. The van der Waals surface area contributed by atoms with Gasteiger partial charge in [-0.15, -0.1) is 0 Å². The van der Waals surface area contributed by atoms with E-state index < -0.39 is 5.41 Å². The molecule has 1 fully saturated rings. The SMILES string of the molecule is CC(C)C(=O)N1CC2(C1)C(=O)N(Cc1nc3cc(Br)ccc3n1CCCCO)c1ccccc12. The molecule has 2 amide bonds. The highest BCUT2D eigenvalue weighted by Gasteiger charge is 2.59. The third kappa shape index (κ3) is 3.64. The van der Waals surface area contributed by atoms with Crippen molar-refractivity contribution in [2.75, 3.05) is 24.6 Å². The van der Waals surface area contributed by atoms with Crippen molar-refractivity contribution in [2.24, 2.45) is 5.92 Å². The topological polar surface area (TPSA) is 78.7 Å². The lowest BCUT2D eigenvalue weighted by Crippen LogP contribution is -2.65. The number of amides is 2. The van der Waals surface area contributed by atoms with E-state index in [1.165, 1.54) is 0 Å². The van der Waals surface area contributed by atoms with Gasteiger partial charge in [0.05, 0.1) is 17.6 Å². The number of nitrogens with zero attached hydrogens (tertiary/aromatic N) is 4. The van der Waals surface area contributed by atoms with Gasteiger partial charge in [0.1, 0.15) is 11.2 Å². The average Bonchev–Trinajstić information content (AvgIpc) is 3.25. The van der Waals surface area contributed by atoms with Crippen molar-refractivity contribution in [1.29, 1.82) is 0 Å². The van der Waals surface area contributed by atoms with Crippen molar-refractivity contribution in [1.82, 2.24) is 14.5 Å². The Morgan fingerprint density at radius 2 is 1.94 bits per heavy atom. The molecule has 3 heterocycles. The Kier molecular flexibility index (Phi) is 5.98. The zero-order chi connectivity index (χ0) is 24.0. The second-order valence-corrected chi connectivity index (χ2v) is 10.5. The van der Waals surface area contributed by atoms with Crippen molar-refractivity contribution >= 4 is 44.5 Å². The summed E-state index contributed by atoms with van der Waals surface area (Å²) in [6.45, 7) is 5.88. The summed E-state index contributed by atoms with van der Waals surface area (Å²) in [7, 11) is 0. The maximum absolute atomic E-state index is 13.9. The first-order chi connectivity index (χ1) is 16.4. The summed E-state index contributed by atoms with van der Waals surface area (Å²) in [5, 5.41) is 9.26. The van der Waals surface area contributed by atoms with Crippen LogP contribution < -0.4 is 4.90 Å². The number of aliphatic hydroxyl groups is 1. The van der Waals surface area contributed by atoms with Gasteiger partial charge in [-0.2, -0.15) is 0 Å². The summed E-state index contributed by atoms with van der Waals surface area (Å²) in [6, 6.07) is 14.0. The Labute approximate surface area is 207 Å². The lowest BCUT2D eigenvalue weighted by Gasteiger charge is -2.47. The van der Waals surface area contributed by atoms with Crippen LogP contribution in [-0.2, 0) is 28.1 Å². The first kappa shape index (κ1) is 23.1. The Morgan fingerprint density at radius 1 is 1.18 bits per heavy atom. The number of unbranched alkanes of at least 4 members (excludes halogenated alkanes) is 1. The van der Waals surface area contributed by atoms with Crippen molar-refractivity contribution in [3.8, 4) is 0 Å². The number of fused-ring (bicyclic) bond motifs is 3. The number of likely N-dealkylation sites (tertiary alicyclic amines) is 1. The van der Waals surface area contributed by atoms with Crippen molar-refractivity contribution in [3.63, 3.8) is 0 Å². The van der Waals surface area contributed by atoms with Gasteiger partial charge < -0.3 is 19.5 Å². The molecular weight excluding hydrogens is 496 g/mol. The van der Waals surface area contributed by atoms with Crippen LogP contribution in [-0.4, -0.2) is 51.1 Å². The second-order valence-electron chi connectivity index (χ2n) is 9.58. The average molecular weight is 525 g/mol. The molecule has 8 heteroatoms. The largest absolute Gasteiger partial charge is 0.396 e. The maximum atomic E-state index is 13.9. The van der Waals surface area contributed by atoms with E-state index in [0.717, 1.165) is 45.5 Å². The number of aryl methyl sites for hydroxylation is 1. The molecule has 2 aliphatic heterocycles. The summed E-state index contributed by atoms with van der Waals surface area (Å²) in [6.07, 6.45) is 1.54. The molecule has 7 nitrogen and oxygen atoms in total. The molecule has 34 heavy (non-hydrogen) atoms. The number of carbonyl (C=O) groups is 2. The van der Waals surface area contributed by atoms with Crippen LogP contribution >= 0.6 is 15.9 Å². The molecule has 0 radical (unpaired) electrons. The van der Waals surface area contributed by atoms with Gasteiger partial charge in [-0.05, 0) is 42.7 Å². The molecule has 0 bridgehead atoms. The van der Waals surface area contributed by atoms with Crippen molar-refractivity contribution < 1.29 is 14.7 Å². The third-order valence-corrected chi connectivity index (χ3v) is 7.46. The minimum Gasteiger partial charge on any atom is -0.396 e. The summed E-state index contributed by atoms with van der Waals surface area (Å²) >= 11 is 3.53. The van der Waals surface area contributed by atoms with E-state index >= 15 is 0 Å². The van der Waals surface area contributed by atoms with E-state index in [4.69, 9.17) is 4.98 Å². The zero-order valence-electron chi connectivity index (χ0n) is 19.5. The number of aliphatic hydroxyl groups excluding tert-OH is 1. The zero-order valence-corrected chi connectivity index (χ0v) is 21.1. The molecule has 178 valence electrons. The fraction of sp³-hybridized carbons (Fsp3) is 0.423. The van der Waals surface area contributed by atoms with Crippen LogP contribution in [0.5, 0.6) is 0 Å². The Balaban J connectivity index is 1.49. The van der Waals surface area contributed by atoms with Gasteiger partial charge in [-0.1, -0.05) is 48.0 Å². The molecule has 2 aromatic carbocycles. The predicted molar refractivity (Wildman–Crippen MR) is 134 cm³/mol. The molecule has 1 aromatic heterocycles. The molecule has 2 aliphatic rings. The lowest BCUT2D eigenvalue weighted by atomic mass is 9.74. The highest BCUT2D eigenvalue weighted by Crippen LogP contribution is 2.48. The number of hydrogen-bond acceptors (Lipinski definition) is 4. The van der Waals surface area contributed by atoms with Gasteiger partial charge >= 0.3 is 0 Å². The molecule has 3 aromatic rings. The van der Waals surface area contributed by atoms with Crippen molar-refractivity contribution in [3.05, 3.63) is 58.3 Å². The first-order valence-corrected chi connectivity index (χ1v) is 12.6. The molecule has 0 aliphatic carbocycles. The van der Waals surface area contributed by atoms with E-state index in [9.17, 15) is 14.7 Å². The molecule has 0 unspecified atom stereocenters. The maximum Gasteiger partial charge on any atom is 0.241 e. The minimum absolute atomic E-state index is 0.0386. The number of aromatic nitrogens is 2. The highest BCUT2D eigenvalue weighted by atomic mass is 79.9. The van der Waals surface area contributed by atoms with E-state index in [-0.39, 0.29) is 24.3 Å². The molecule has 1 saturated heterocycles. The summed E-state index contributed by atoms with van der Waals surface area (Å²) in [5.74, 6) is 0.862. The molecule has 0 atom stereocenters. The molecule has 0 saturated carbocycles. The van der Waals surface area contributed by atoms with Crippen LogP contribution in [0.15, 0.2) is 46.9 Å². The van der Waals surface area contributed by atoms with E-state index in [1.54, 1.807) is 4.90 Å². The normalized spacial score (nSPS) is 16.6. The summed E-state index contributed by atoms with van der Waals surface area (Å²) in [4.78, 5) is 34.9. The minimum atomic E-state index is -0.669. The van der Waals surface area contributed by atoms with Crippen LogP contribution in [0.1, 0.15) is 38.1 Å². The second kappa shape index (κ2) is 8.82. The van der Waals surface area contributed by atoms with Gasteiger partial charge in [-0.3, -0.25) is 9.59 Å². The van der Waals surface area contributed by atoms with Crippen LogP contribution in [0.3, 0.4) is 0 Å². The fourth-order valence-corrected chi connectivity index (χ4v) is 5.58. The Bertz CT molecular complexity index is 1260. The fourth-order valence-electron chi connectivity index (χ4n) is 5.23. The smallest absolute Gasteiger partial charge is 0.241 e. The highest BCUT2D eigenvalue weighted by molar-refractivity contribution is 9.10. The Morgan fingerprint density at radius 3 is 2.68 bits per heavy atom. The monoisotopic (exact) mass is 524 g/mol. The van der Waals surface area contributed by atoms with Crippen LogP contribution in [0.2, 0.25) is 0 Å². The van der Waals surface area contributed by atoms with Gasteiger partial charge in [0.2, 0.25) is 11.8 Å². The van der Waals surface area contributed by atoms with Crippen LogP contribution in [0.25, 0.3) is 11.0 Å². The lowest BCUT2D eigenvalue weighted by molar-refractivity contribution is -0.146. The third-order valence-electron chi connectivity index (χ3n) is 6.97. The molecule has 5 rings (SSSR count). The predicted octanol–water partition coefficient (Wildman–Crippen LogP) is 3.85. The van der Waals surface area contributed by atoms with Crippen molar-refractivity contribution in [2.45, 2.75) is 45.2 Å². The number of benzene rings is 2. The van der Waals surface area contributed by atoms with E-state index in [2.05, 4.69) is 20.5 Å². The number of hydrogen-bond donors (Lipinski definition) is 1. The summed E-state index contributed by atoms with van der Waals surface area (Å²) in [5.41, 5.74) is 3.12. The van der Waals surface area contributed by atoms with Gasteiger partial charge in [0, 0.05) is 42.3 Å². The summed E-state index contributed by atoms with van der Waals surface area (Å²) < 4.78 is 3.12. The quantitative estimate of drug-likeness (QED) is 0.476. The van der Waals surface area contributed by atoms with E-state index in [1.807, 2.05) is 61.2 Å². The number of para-hydroxylation sites is 1. The number of imidazole rings is 1. The van der Waals surface area contributed by atoms with Gasteiger partial charge in [-0.25, -0.2) is 4.98 Å². The van der Waals surface area contributed by atoms with Gasteiger partial charge in [0.15, 0.2) is 0 Å².